The van der Waals surface area contributed by atoms with E-state index in [1.807, 2.05) is 6.07 Å². The Balaban J connectivity index is 2.05. The van der Waals surface area contributed by atoms with Crippen LogP contribution in [-0.4, -0.2) is 33.5 Å². The predicted molar refractivity (Wildman–Crippen MR) is 102 cm³/mol. The summed E-state index contributed by atoms with van der Waals surface area (Å²) in [5.41, 5.74) is 0.799. The van der Waals surface area contributed by atoms with Crippen molar-refractivity contribution in [2.24, 2.45) is 0 Å². The number of methoxy groups -OCH3 is 2. The summed E-state index contributed by atoms with van der Waals surface area (Å²) in [6.45, 7) is 0.408. The van der Waals surface area contributed by atoms with E-state index in [-0.39, 0.29) is 21.0 Å². The third-order valence-electron chi connectivity index (χ3n) is 4.51. The van der Waals surface area contributed by atoms with E-state index in [0.717, 1.165) is 12.0 Å². The standard InChI is InChI=1S/C18H19Cl2NO4S/c1-24-12-8-9-13(16(11-12)25-2)15-6-4-10-21(15)26(22,23)17-7-3-5-14(19)18(17)20/h3,5,7-9,11,15H,4,6,10H2,1-2H3. The number of sulfonamides is 1. The van der Waals surface area contributed by atoms with Crippen LogP contribution in [0.25, 0.3) is 0 Å². The second kappa shape index (κ2) is 7.64. The minimum absolute atomic E-state index is 0.0195. The van der Waals surface area contributed by atoms with Gasteiger partial charge in [0.25, 0.3) is 0 Å². The predicted octanol–water partition coefficient (Wildman–Crippen LogP) is 4.54. The molecule has 3 rings (SSSR count). The molecule has 0 amide bonds. The topological polar surface area (TPSA) is 55.8 Å². The number of benzene rings is 2. The number of ether oxygens (including phenoxy) is 2. The average Bonchev–Trinajstić information content (AvgIpc) is 3.13. The molecule has 2 aromatic rings. The maximum absolute atomic E-state index is 13.2. The molecule has 1 saturated heterocycles. The Morgan fingerprint density at radius 1 is 1.12 bits per heavy atom. The molecule has 0 aromatic heterocycles. The normalized spacial score (nSPS) is 18.1. The molecule has 0 radical (unpaired) electrons. The Morgan fingerprint density at radius 3 is 2.58 bits per heavy atom. The van der Waals surface area contributed by atoms with Crippen molar-refractivity contribution >= 4 is 33.2 Å². The highest BCUT2D eigenvalue weighted by Crippen LogP contribution is 2.43. The van der Waals surface area contributed by atoms with E-state index in [1.54, 1.807) is 38.5 Å². The van der Waals surface area contributed by atoms with Gasteiger partial charge in [-0.1, -0.05) is 35.3 Å². The van der Waals surface area contributed by atoms with Gasteiger partial charge in [0.15, 0.2) is 0 Å². The van der Waals surface area contributed by atoms with Gasteiger partial charge in [-0.2, -0.15) is 4.31 Å². The van der Waals surface area contributed by atoms with E-state index >= 15 is 0 Å². The Morgan fingerprint density at radius 2 is 1.88 bits per heavy atom. The molecule has 140 valence electrons. The van der Waals surface area contributed by atoms with Crippen molar-refractivity contribution in [1.29, 1.82) is 0 Å². The molecule has 1 unspecified atom stereocenters. The third-order valence-corrected chi connectivity index (χ3v) is 7.39. The lowest BCUT2D eigenvalue weighted by Crippen LogP contribution is -2.31. The summed E-state index contributed by atoms with van der Waals surface area (Å²) in [5.74, 6) is 1.24. The van der Waals surface area contributed by atoms with Crippen LogP contribution in [0.15, 0.2) is 41.3 Å². The molecule has 2 aromatic carbocycles. The van der Waals surface area contributed by atoms with Gasteiger partial charge in [0.2, 0.25) is 10.0 Å². The molecule has 0 aliphatic carbocycles. The second-order valence-corrected chi connectivity index (χ2v) is 8.58. The molecule has 0 N–H and O–H groups in total. The molecule has 0 bridgehead atoms. The third kappa shape index (κ3) is 3.39. The van der Waals surface area contributed by atoms with Crippen molar-refractivity contribution in [3.05, 3.63) is 52.0 Å². The number of hydrogen-bond donors (Lipinski definition) is 0. The van der Waals surface area contributed by atoms with Gasteiger partial charge in [-0.05, 0) is 31.0 Å². The summed E-state index contributed by atoms with van der Waals surface area (Å²) in [7, 11) is -0.673. The maximum Gasteiger partial charge on any atom is 0.245 e. The highest BCUT2D eigenvalue weighted by molar-refractivity contribution is 7.89. The first-order valence-corrected chi connectivity index (χ1v) is 10.3. The summed E-state index contributed by atoms with van der Waals surface area (Å²) in [6, 6.07) is 9.69. The van der Waals surface area contributed by atoms with Crippen LogP contribution in [-0.2, 0) is 10.0 Å². The number of hydrogen-bond acceptors (Lipinski definition) is 4. The van der Waals surface area contributed by atoms with Crippen LogP contribution in [0.5, 0.6) is 11.5 Å². The van der Waals surface area contributed by atoms with Crippen LogP contribution in [0.1, 0.15) is 24.4 Å². The lowest BCUT2D eigenvalue weighted by molar-refractivity contribution is 0.361. The number of rotatable bonds is 5. The zero-order chi connectivity index (χ0) is 18.9. The molecule has 1 aliphatic rings. The fraction of sp³-hybridized carbons (Fsp3) is 0.333. The first kappa shape index (κ1) is 19.3. The van der Waals surface area contributed by atoms with Gasteiger partial charge >= 0.3 is 0 Å². The fourth-order valence-electron chi connectivity index (χ4n) is 3.24. The largest absolute Gasteiger partial charge is 0.497 e. The van der Waals surface area contributed by atoms with Gasteiger partial charge in [-0.3, -0.25) is 0 Å². The Hall–Kier alpha value is -1.47. The SMILES string of the molecule is COc1ccc(C2CCCN2S(=O)(=O)c2cccc(Cl)c2Cl)c(OC)c1. The molecular weight excluding hydrogens is 397 g/mol. The fourth-order valence-corrected chi connectivity index (χ4v) is 5.65. The zero-order valence-electron chi connectivity index (χ0n) is 14.4. The molecule has 26 heavy (non-hydrogen) atoms. The summed E-state index contributed by atoms with van der Waals surface area (Å²) >= 11 is 12.2. The van der Waals surface area contributed by atoms with Crippen molar-refractivity contribution in [3.63, 3.8) is 0 Å². The van der Waals surface area contributed by atoms with Gasteiger partial charge < -0.3 is 9.47 Å². The van der Waals surface area contributed by atoms with Crippen LogP contribution in [0.4, 0.5) is 0 Å². The van der Waals surface area contributed by atoms with Crippen LogP contribution < -0.4 is 9.47 Å². The van der Waals surface area contributed by atoms with Gasteiger partial charge in [0, 0.05) is 18.2 Å². The van der Waals surface area contributed by atoms with Gasteiger partial charge in [0.05, 0.1) is 30.3 Å². The lowest BCUT2D eigenvalue weighted by Gasteiger charge is -2.26. The monoisotopic (exact) mass is 415 g/mol. The summed E-state index contributed by atoms with van der Waals surface area (Å²) < 4.78 is 38.6. The lowest BCUT2D eigenvalue weighted by atomic mass is 10.0. The van der Waals surface area contributed by atoms with Gasteiger partial charge in [-0.15, -0.1) is 0 Å². The first-order valence-electron chi connectivity index (χ1n) is 8.08. The summed E-state index contributed by atoms with van der Waals surface area (Å²) in [4.78, 5) is 0.0195. The quantitative estimate of drug-likeness (QED) is 0.719. The Kier molecular flexibility index (Phi) is 5.67. The van der Waals surface area contributed by atoms with Crippen LogP contribution in [0.2, 0.25) is 10.0 Å². The van der Waals surface area contributed by atoms with Gasteiger partial charge in [0.1, 0.15) is 16.4 Å². The molecule has 8 heteroatoms. The number of nitrogens with zero attached hydrogens (tertiary/aromatic N) is 1. The van der Waals surface area contributed by atoms with E-state index < -0.39 is 10.0 Å². The molecular formula is C18H19Cl2NO4S. The van der Waals surface area contributed by atoms with E-state index in [9.17, 15) is 8.42 Å². The van der Waals surface area contributed by atoms with Crippen molar-refractivity contribution in [2.75, 3.05) is 20.8 Å². The summed E-state index contributed by atoms with van der Waals surface area (Å²) in [5, 5.41) is 0.257. The van der Waals surface area contributed by atoms with Crippen molar-refractivity contribution in [1.82, 2.24) is 4.31 Å². The smallest absolute Gasteiger partial charge is 0.245 e. The maximum atomic E-state index is 13.2. The van der Waals surface area contributed by atoms with E-state index in [2.05, 4.69) is 0 Å². The van der Waals surface area contributed by atoms with Crippen LogP contribution in [0.3, 0.4) is 0 Å². The van der Waals surface area contributed by atoms with E-state index in [1.165, 1.54) is 10.4 Å². The average molecular weight is 416 g/mol. The van der Waals surface area contributed by atoms with Crippen LogP contribution >= 0.6 is 23.2 Å². The molecule has 0 spiro atoms. The highest BCUT2D eigenvalue weighted by atomic mass is 35.5. The molecule has 5 nitrogen and oxygen atoms in total. The summed E-state index contributed by atoms with van der Waals surface area (Å²) in [6.07, 6.45) is 1.44. The Bertz CT molecular complexity index is 917. The number of halogens is 2. The Labute approximate surface area is 163 Å². The molecule has 1 aliphatic heterocycles. The van der Waals surface area contributed by atoms with Crippen LogP contribution in [0, 0.1) is 0 Å². The second-order valence-electron chi connectivity index (χ2n) is 5.93. The molecule has 1 fully saturated rings. The molecule has 1 atom stereocenters. The minimum atomic E-state index is -3.80. The van der Waals surface area contributed by atoms with Crippen molar-refractivity contribution in [2.45, 2.75) is 23.8 Å². The molecule has 1 heterocycles. The van der Waals surface area contributed by atoms with E-state index in [4.69, 9.17) is 32.7 Å². The van der Waals surface area contributed by atoms with Gasteiger partial charge in [-0.25, -0.2) is 8.42 Å². The van der Waals surface area contributed by atoms with E-state index in [0.29, 0.717) is 24.5 Å². The first-order chi connectivity index (χ1) is 12.4. The van der Waals surface area contributed by atoms with Crippen molar-refractivity contribution in [3.8, 4) is 11.5 Å². The molecule has 0 saturated carbocycles. The van der Waals surface area contributed by atoms with Crippen molar-refractivity contribution < 1.29 is 17.9 Å². The zero-order valence-corrected chi connectivity index (χ0v) is 16.7. The highest BCUT2D eigenvalue weighted by Gasteiger charge is 2.38. The minimum Gasteiger partial charge on any atom is -0.497 e.